The van der Waals surface area contributed by atoms with Crippen LogP contribution in [0.2, 0.25) is 0 Å². The van der Waals surface area contributed by atoms with Gasteiger partial charge < -0.3 is 10.5 Å². The van der Waals surface area contributed by atoms with Crippen LogP contribution in [-0.2, 0) is 11.3 Å². The Morgan fingerprint density at radius 2 is 2.06 bits per heavy atom. The molecular weight excluding hydrogens is 270 g/mol. The summed E-state index contributed by atoms with van der Waals surface area (Å²) in [5.74, 6) is -0.751. The number of benzene rings is 1. The van der Waals surface area contributed by atoms with Crippen LogP contribution in [0.15, 0.2) is 18.2 Å². The highest BCUT2D eigenvalue weighted by molar-refractivity contribution is 7.80. The fraction of sp³-hybridized carbons (Fsp3) is 0.364. The van der Waals surface area contributed by atoms with Gasteiger partial charge in [-0.1, -0.05) is 24.4 Å². The average Bonchev–Trinajstić information content (AvgIpc) is 2.25. The van der Waals surface area contributed by atoms with Gasteiger partial charge in [0.1, 0.15) is 10.8 Å². The minimum atomic E-state index is -4.47. The van der Waals surface area contributed by atoms with Crippen molar-refractivity contribution in [3.8, 4) is 0 Å². The molecule has 0 radical (unpaired) electrons. The molecular formula is C11H11F4NOS. The minimum Gasteiger partial charge on any atom is -0.389 e. The summed E-state index contributed by atoms with van der Waals surface area (Å²) in [5, 5.41) is 0. The molecule has 0 spiro atoms. The van der Waals surface area contributed by atoms with E-state index in [1.165, 1.54) is 18.2 Å². The summed E-state index contributed by atoms with van der Waals surface area (Å²) in [7, 11) is 0. The molecule has 1 aromatic carbocycles. The van der Waals surface area contributed by atoms with Crippen molar-refractivity contribution < 1.29 is 22.3 Å². The van der Waals surface area contributed by atoms with Gasteiger partial charge in [-0.2, -0.15) is 13.2 Å². The Morgan fingerprint density at radius 1 is 1.44 bits per heavy atom. The summed E-state index contributed by atoms with van der Waals surface area (Å²) >= 11 is 4.62. The molecule has 100 valence electrons. The summed E-state index contributed by atoms with van der Waals surface area (Å²) in [4.78, 5) is -0.154. The number of rotatable bonds is 4. The van der Waals surface area contributed by atoms with Crippen LogP contribution < -0.4 is 5.73 Å². The van der Waals surface area contributed by atoms with Crippen molar-refractivity contribution >= 4 is 17.2 Å². The van der Waals surface area contributed by atoms with E-state index in [4.69, 9.17) is 5.73 Å². The summed E-state index contributed by atoms with van der Waals surface area (Å²) in [6, 6.07) is 4.13. The molecule has 18 heavy (non-hydrogen) atoms. The normalized spacial score (nSPS) is 13.4. The highest BCUT2D eigenvalue weighted by Crippen LogP contribution is 2.24. The number of thiocarbonyl (C=S) groups is 1. The lowest BCUT2D eigenvalue weighted by Gasteiger charge is -2.17. The molecule has 0 amide bonds. The summed E-state index contributed by atoms with van der Waals surface area (Å²) in [6.07, 6.45) is -6.44. The zero-order valence-corrected chi connectivity index (χ0v) is 10.2. The Bertz CT molecular complexity index is 447. The number of hydrogen-bond donors (Lipinski definition) is 1. The third-order valence-electron chi connectivity index (χ3n) is 2.29. The molecule has 2 nitrogen and oxygen atoms in total. The second-order valence-electron chi connectivity index (χ2n) is 3.64. The van der Waals surface area contributed by atoms with Crippen molar-refractivity contribution in [1.82, 2.24) is 0 Å². The molecule has 2 N–H and O–H groups in total. The van der Waals surface area contributed by atoms with Gasteiger partial charge in [0.25, 0.3) is 0 Å². The van der Waals surface area contributed by atoms with Crippen LogP contribution in [0.25, 0.3) is 0 Å². The van der Waals surface area contributed by atoms with Crippen molar-refractivity contribution in [3.05, 3.63) is 35.1 Å². The summed E-state index contributed by atoms with van der Waals surface area (Å²) < 4.78 is 54.9. The van der Waals surface area contributed by atoms with Gasteiger partial charge in [0.15, 0.2) is 6.10 Å². The molecule has 0 saturated heterocycles. The number of ether oxygens (including phenoxy) is 1. The van der Waals surface area contributed by atoms with E-state index in [0.29, 0.717) is 0 Å². The van der Waals surface area contributed by atoms with Crippen LogP contribution >= 0.6 is 12.2 Å². The standard InChI is InChI=1S/C11H11F4NOS/c1-6(11(13,14)15)17-5-7-3-2-4-8(9(7)12)10(16)18/h2-4,6H,5H2,1H3,(H2,16,18). The quantitative estimate of drug-likeness (QED) is 0.681. The Hall–Kier alpha value is -1.21. The Morgan fingerprint density at radius 3 is 2.56 bits per heavy atom. The van der Waals surface area contributed by atoms with Crippen LogP contribution in [-0.4, -0.2) is 17.3 Å². The van der Waals surface area contributed by atoms with Gasteiger partial charge in [-0.25, -0.2) is 4.39 Å². The van der Waals surface area contributed by atoms with Gasteiger partial charge in [0.05, 0.1) is 6.61 Å². The smallest absolute Gasteiger partial charge is 0.389 e. The molecule has 0 aliphatic carbocycles. The zero-order valence-electron chi connectivity index (χ0n) is 9.42. The van der Waals surface area contributed by atoms with Gasteiger partial charge in [-0.3, -0.25) is 0 Å². The lowest BCUT2D eigenvalue weighted by Crippen LogP contribution is -2.28. The molecule has 1 rings (SSSR count). The molecule has 1 atom stereocenters. The SMILES string of the molecule is CC(OCc1cccc(C(N)=S)c1F)C(F)(F)F. The first-order chi connectivity index (χ1) is 8.23. The molecule has 0 fully saturated rings. The second-order valence-corrected chi connectivity index (χ2v) is 4.08. The van der Waals surface area contributed by atoms with Crippen molar-refractivity contribution in [2.45, 2.75) is 25.8 Å². The molecule has 0 bridgehead atoms. The maximum absolute atomic E-state index is 13.7. The summed E-state index contributed by atoms with van der Waals surface area (Å²) in [6.45, 7) is 0.359. The Kier molecular flexibility index (Phi) is 4.64. The zero-order chi connectivity index (χ0) is 13.9. The second kappa shape index (κ2) is 5.62. The largest absolute Gasteiger partial charge is 0.414 e. The third kappa shape index (κ3) is 3.64. The predicted octanol–water partition coefficient (Wildman–Crippen LogP) is 2.93. The van der Waals surface area contributed by atoms with Crippen molar-refractivity contribution in [3.63, 3.8) is 0 Å². The average molecular weight is 281 g/mol. The van der Waals surface area contributed by atoms with E-state index in [2.05, 4.69) is 17.0 Å². The van der Waals surface area contributed by atoms with Crippen LogP contribution in [0.3, 0.4) is 0 Å². The van der Waals surface area contributed by atoms with Crippen LogP contribution in [0.5, 0.6) is 0 Å². The number of halogens is 4. The topological polar surface area (TPSA) is 35.2 Å². The molecule has 0 saturated carbocycles. The Balaban J connectivity index is 2.81. The maximum atomic E-state index is 13.7. The van der Waals surface area contributed by atoms with Crippen LogP contribution in [0.4, 0.5) is 17.6 Å². The predicted molar refractivity (Wildman–Crippen MR) is 62.6 cm³/mol. The maximum Gasteiger partial charge on any atom is 0.414 e. The molecule has 1 unspecified atom stereocenters. The first kappa shape index (κ1) is 14.8. The molecule has 7 heteroatoms. The van der Waals surface area contributed by atoms with E-state index in [0.717, 1.165) is 6.92 Å². The monoisotopic (exact) mass is 281 g/mol. The molecule has 0 aliphatic heterocycles. The number of hydrogen-bond acceptors (Lipinski definition) is 2. The van der Waals surface area contributed by atoms with Gasteiger partial charge >= 0.3 is 6.18 Å². The van der Waals surface area contributed by atoms with E-state index in [-0.39, 0.29) is 16.1 Å². The van der Waals surface area contributed by atoms with Crippen LogP contribution in [0.1, 0.15) is 18.1 Å². The van der Waals surface area contributed by atoms with Gasteiger partial charge in [0, 0.05) is 11.1 Å². The molecule has 1 aromatic rings. The van der Waals surface area contributed by atoms with E-state index in [1.807, 2.05) is 0 Å². The summed E-state index contributed by atoms with van der Waals surface area (Å²) in [5.41, 5.74) is 5.25. The fourth-order valence-corrected chi connectivity index (χ4v) is 1.35. The van der Waals surface area contributed by atoms with E-state index < -0.39 is 24.7 Å². The molecule has 0 aliphatic rings. The fourth-order valence-electron chi connectivity index (χ4n) is 1.19. The third-order valence-corrected chi connectivity index (χ3v) is 2.51. The van der Waals surface area contributed by atoms with Gasteiger partial charge in [-0.05, 0) is 13.0 Å². The van der Waals surface area contributed by atoms with E-state index >= 15 is 0 Å². The molecule has 0 heterocycles. The van der Waals surface area contributed by atoms with E-state index in [1.54, 1.807) is 0 Å². The van der Waals surface area contributed by atoms with Crippen molar-refractivity contribution in [2.75, 3.05) is 0 Å². The van der Waals surface area contributed by atoms with Crippen molar-refractivity contribution in [1.29, 1.82) is 0 Å². The first-order valence-corrected chi connectivity index (χ1v) is 5.39. The highest BCUT2D eigenvalue weighted by Gasteiger charge is 2.37. The lowest BCUT2D eigenvalue weighted by molar-refractivity contribution is -0.217. The van der Waals surface area contributed by atoms with Gasteiger partial charge in [0.2, 0.25) is 0 Å². The Labute approximate surface area is 107 Å². The number of alkyl halides is 3. The first-order valence-electron chi connectivity index (χ1n) is 4.99. The molecule has 0 aromatic heterocycles. The lowest BCUT2D eigenvalue weighted by atomic mass is 10.1. The van der Waals surface area contributed by atoms with Gasteiger partial charge in [-0.15, -0.1) is 0 Å². The minimum absolute atomic E-state index is 0.00855. The van der Waals surface area contributed by atoms with Crippen molar-refractivity contribution in [2.24, 2.45) is 5.73 Å². The van der Waals surface area contributed by atoms with E-state index in [9.17, 15) is 17.6 Å². The number of nitrogens with two attached hydrogens (primary N) is 1. The highest BCUT2D eigenvalue weighted by atomic mass is 32.1. The van der Waals surface area contributed by atoms with Crippen LogP contribution in [0, 0.1) is 5.82 Å².